The second-order valence-electron chi connectivity index (χ2n) is 5.75. The summed E-state index contributed by atoms with van der Waals surface area (Å²) in [6.45, 7) is 3.40. The highest BCUT2D eigenvalue weighted by atomic mass is 79.9. The summed E-state index contributed by atoms with van der Waals surface area (Å²) in [6, 6.07) is 6.97. The Kier molecular flexibility index (Phi) is 6.37. The van der Waals surface area contributed by atoms with Gasteiger partial charge in [0.1, 0.15) is 5.75 Å². The molecule has 1 aliphatic rings. The van der Waals surface area contributed by atoms with Crippen molar-refractivity contribution in [2.24, 2.45) is 5.92 Å². The van der Waals surface area contributed by atoms with Gasteiger partial charge in [0.15, 0.2) is 0 Å². The Morgan fingerprint density at radius 3 is 2.85 bits per heavy atom. The molecule has 0 radical (unpaired) electrons. The highest BCUT2D eigenvalue weighted by Gasteiger charge is 2.30. The number of methoxy groups -OCH3 is 1. The van der Waals surface area contributed by atoms with Gasteiger partial charge in [-0.2, -0.15) is 0 Å². The SMILES string of the molecule is CCCNC(CCCc1cc(OC)ccc1Br)C1CC1. The van der Waals surface area contributed by atoms with Gasteiger partial charge in [-0.3, -0.25) is 0 Å². The molecule has 0 bridgehead atoms. The van der Waals surface area contributed by atoms with Gasteiger partial charge in [-0.05, 0) is 74.8 Å². The predicted molar refractivity (Wildman–Crippen MR) is 88.4 cm³/mol. The maximum Gasteiger partial charge on any atom is 0.119 e. The first kappa shape index (κ1) is 15.8. The third kappa shape index (κ3) is 4.78. The van der Waals surface area contributed by atoms with Crippen molar-refractivity contribution < 1.29 is 4.74 Å². The zero-order valence-electron chi connectivity index (χ0n) is 12.6. The average Bonchev–Trinajstić information content (AvgIpc) is 3.29. The Balaban J connectivity index is 1.81. The van der Waals surface area contributed by atoms with Gasteiger partial charge in [0.2, 0.25) is 0 Å². The van der Waals surface area contributed by atoms with Crippen molar-refractivity contribution >= 4 is 15.9 Å². The Hall–Kier alpha value is -0.540. The highest BCUT2D eigenvalue weighted by molar-refractivity contribution is 9.10. The van der Waals surface area contributed by atoms with Crippen LogP contribution in [0.5, 0.6) is 5.75 Å². The van der Waals surface area contributed by atoms with E-state index >= 15 is 0 Å². The lowest BCUT2D eigenvalue weighted by Gasteiger charge is -2.18. The second-order valence-corrected chi connectivity index (χ2v) is 6.60. The van der Waals surface area contributed by atoms with Crippen LogP contribution >= 0.6 is 15.9 Å². The van der Waals surface area contributed by atoms with Crippen molar-refractivity contribution in [3.8, 4) is 5.75 Å². The van der Waals surface area contributed by atoms with E-state index in [4.69, 9.17) is 4.74 Å². The van der Waals surface area contributed by atoms with Crippen LogP contribution in [0.2, 0.25) is 0 Å². The molecule has 2 nitrogen and oxygen atoms in total. The zero-order chi connectivity index (χ0) is 14.4. The van der Waals surface area contributed by atoms with E-state index in [0.29, 0.717) is 0 Å². The van der Waals surface area contributed by atoms with Gasteiger partial charge in [0.25, 0.3) is 0 Å². The number of benzene rings is 1. The van der Waals surface area contributed by atoms with Crippen molar-refractivity contribution in [1.29, 1.82) is 0 Å². The topological polar surface area (TPSA) is 21.3 Å². The van der Waals surface area contributed by atoms with Crippen LogP contribution in [0, 0.1) is 5.92 Å². The number of aryl methyl sites for hydroxylation is 1. The first-order valence-corrected chi connectivity index (χ1v) is 8.59. The lowest BCUT2D eigenvalue weighted by Crippen LogP contribution is -2.31. The van der Waals surface area contributed by atoms with E-state index in [9.17, 15) is 0 Å². The molecule has 0 spiro atoms. The van der Waals surface area contributed by atoms with Gasteiger partial charge >= 0.3 is 0 Å². The first-order valence-electron chi connectivity index (χ1n) is 7.80. The van der Waals surface area contributed by atoms with Crippen LogP contribution in [0.4, 0.5) is 0 Å². The summed E-state index contributed by atoms with van der Waals surface area (Å²) in [5.41, 5.74) is 1.36. The Bertz CT molecular complexity index is 417. The number of ether oxygens (including phenoxy) is 1. The van der Waals surface area contributed by atoms with Crippen molar-refractivity contribution in [3.63, 3.8) is 0 Å². The molecule has 3 heteroatoms. The molecule has 20 heavy (non-hydrogen) atoms. The number of nitrogens with one attached hydrogen (secondary N) is 1. The minimum Gasteiger partial charge on any atom is -0.497 e. The summed E-state index contributed by atoms with van der Waals surface area (Å²) in [7, 11) is 1.73. The molecule has 1 aromatic carbocycles. The van der Waals surface area contributed by atoms with E-state index in [1.807, 2.05) is 6.07 Å². The maximum absolute atomic E-state index is 5.31. The highest BCUT2D eigenvalue weighted by Crippen LogP contribution is 2.35. The number of rotatable bonds is 9. The molecule has 1 saturated carbocycles. The molecule has 0 amide bonds. The molecule has 112 valence electrons. The molecule has 1 aromatic rings. The third-order valence-electron chi connectivity index (χ3n) is 4.06. The van der Waals surface area contributed by atoms with Crippen molar-refractivity contribution in [3.05, 3.63) is 28.2 Å². The fourth-order valence-corrected chi connectivity index (χ4v) is 3.16. The van der Waals surface area contributed by atoms with Crippen molar-refractivity contribution in [1.82, 2.24) is 5.32 Å². The molecule has 1 fully saturated rings. The second kappa shape index (κ2) is 8.04. The fourth-order valence-electron chi connectivity index (χ4n) is 2.71. The van der Waals surface area contributed by atoms with Gasteiger partial charge < -0.3 is 10.1 Å². The van der Waals surface area contributed by atoms with Gasteiger partial charge in [-0.1, -0.05) is 22.9 Å². The van der Waals surface area contributed by atoms with Crippen LogP contribution in [0.25, 0.3) is 0 Å². The normalized spacial score (nSPS) is 16.1. The van der Waals surface area contributed by atoms with Crippen molar-refractivity contribution in [2.75, 3.05) is 13.7 Å². The largest absolute Gasteiger partial charge is 0.497 e. The van der Waals surface area contributed by atoms with Crippen LogP contribution < -0.4 is 10.1 Å². The standard InChI is InChI=1S/C17H26BrNO/c1-3-11-19-17(13-7-8-13)6-4-5-14-12-15(20-2)9-10-16(14)18/h9-10,12-13,17,19H,3-8,11H2,1-2H3. The zero-order valence-corrected chi connectivity index (χ0v) is 14.2. The summed E-state index contributed by atoms with van der Waals surface area (Å²) < 4.78 is 6.50. The molecule has 2 rings (SSSR count). The maximum atomic E-state index is 5.31. The summed E-state index contributed by atoms with van der Waals surface area (Å²) >= 11 is 3.64. The van der Waals surface area contributed by atoms with E-state index in [1.54, 1.807) is 7.11 Å². The van der Waals surface area contributed by atoms with Gasteiger partial charge in [-0.15, -0.1) is 0 Å². The molecule has 0 aromatic heterocycles. The predicted octanol–water partition coefficient (Wildman–Crippen LogP) is 4.56. The molecule has 1 unspecified atom stereocenters. The molecule has 0 heterocycles. The Morgan fingerprint density at radius 1 is 1.40 bits per heavy atom. The fraction of sp³-hybridized carbons (Fsp3) is 0.647. The summed E-state index contributed by atoms with van der Waals surface area (Å²) in [6.07, 6.45) is 7.71. The van der Waals surface area contributed by atoms with E-state index in [0.717, 1.165) is 30.7 Å². The monoisotopic (exact) mass is 339 g/mol. The smallest absolute Gasteiger partial charge is 0.119 e. The van der Waals surface area contributed by atoms with Crippen LogP contribution in [0.3, 0.4) is 0 Å². The third-order valence-corrected chi connectivity index (χ3v) is 4.84. The number of hydrogen-bond acceptors (Lipinski definition) is 2. The molecule has 1 atom stereocenters. The van der Waals surface area contributed by atoms with Gasteiger partial charge in [-0.25, -0.2) is 0 Å². The number of halogens is 1. The molecule has 0 saturated heterocycles. The first-order chi connectivity index (χ1) is 9.74. The lowest BCUT2D eigenvalue weighted by atomic mass is 10.0. The molecular weight excluding hydrogens is 314 g/mol. The minimum atomic E-state index is 0.735. The van der Waals surface area contributed by atoms with Crippen LogP contribution in [-0.4, -0.2) is 19.7 Å². The van der Waals surface area contributed by atoms with E-state index in [1.165, 1.54) is 42.1 Å². The van der Waals surface area contributed by atoms with E-state index in [-0.39, 0.29) is 0 Å². The van der Waals surface area contributed by atoms with Gasteiger partial charge in [0, 0.05) is 10.5 Å². The van der Waals surface area contributed by atoms with Crippen LogP contribution in [0.15, 0.2) is 22.7 Å². The lowest BCUT2D eigenvalue weighted by molar-refractivity contribution is 0.412. The molecule has 1 N–H and O–H groups in total. The summed E-state index contributed by atoms with van der Waals surface area (Å²) in [5, 5.41) is 3.72. The Labute approximate surface area is 131 Å². The van der Waals surface area contributed by atoms with E-state index < -0.39 is 0 Å². The van der Waals surface area contributed by atoms with Crippen molar-refractivity contribution in [2.45, 2.75) is 51.5 Å². The average molecular weight is 340 g/mol. The van der Waals surface area contributed by atoms with Crippen LogP contribution in [-0.2, 0) is 6.42 Å². The summed E-state index contributed by atoms with van der Waals surface area (Å²) in [5.74, 6) is 1.89. The molecular formula is C17H26BrNO. The summed E-state index contributed by atoms with van der Waals surface area (Å²) in [4.78, 5) is 0. The van der Waals surface area contributed by atoms with Gasteiger partial charge in [0.05, 0.1) is 7.11 Å². The number of hydrogen-bond donors (Lipinski definition) is 1. The van der Waals surface area contributed by atoms with Crippen LogP contribution in [0.1, 0.15) is 44.6 Å². The molecule has 0 aliphatic heterocycles. The minimum absolute atomic E-state index is 0.735. The molecule has 1 aliphatic carbocycles. The quantitative estimate of drug-likeness (QED) is 0.712. The Morgan fingerprint density at radius 2 is 2.20 bits per heavy atom. The van der Waals surface area contributed by atoms with E-state index in [2.05, 4.69) is 40.3 Å².